The zero-order valence-electron chi connectivity index (χ0n) is 18.1. The Labute approximate surface area is 173 Å². The summed E-state index contributed by atoms with van der Waals surface area (Å²) in [4.78, 5) is 23.3. The zero-order chi connectivity index (χ0) is 20.4. The van der Waals surface area contributed by atoms with Crippen LogP contribution in [0.1, 0.15) is 58.7 Å². The maximum atomic E-state index is 13.2. The van der Waals surface area contributed by atoms with Crippen LogP contribution in [0.15, 0.2) is 12.1 Å². The van der Waals surface area contributed by atoms with Gasteiger partial charge < -0.3 is 9.80 Å². The number of carbonyl (C=O) groups excluding carboxylic acids is 1. The quantitative estimate of drug-likeness (QED) is 0.711. The number of carbonyl (C=O) groups is 1. The minimum Gasteiger partial charge on any atom is -0.338 e. The van der Waals surface area contributed by atoms with E-state index in [9.17, 15) is 4.79 Å². The molecule has 0 spiro atoms. The van der Waals surface area contributed by atoms with Gasteiger partial charge in [-0.1, -0.05) is 19.9 Å². The zero-order valence-corrected chi connectivity index (χ0v) is 18.9. The summed E-state index contributed by atoms with van der Waals surface area (Å²) in [5, 5.41) is 0.958. The van der Waals surface area contributed by atoms with Gasteiger partial charge in [0.2, 0.25) is 0 Å². The molecule has 1 amide bonds. The topological polar surface area (TPSA) is 36.4 Å². The average Bonchev–Trinajstić information content (AvgIpc) is 3.07. The van der Waals surface area contributed by atoms with E-state index in [0.717, 1.165) is 60.2 Å². The lowest BCUT2D eigenvalue weighted by atomic mass is 10.0. The Morgan fingerprint density at radius 2 is 1.68 bits per heavy atom. The van der Waals surface area contributed by atoms with Crippen molar-refractivity contribution in [2.24, 2.45) is 0 Å². The Morgan fingerprint density at radius 1 is 1.07 bits per heavy atom. The molecule has 152 valence electrons. The van der Waals surface area contributed by atoms with Gasteiger partial charge in [0.25, 0.3) is 5.91 Å². The Hall–Kier alpha value is -1.72. The van der Waals surface area contributed by atoms with Crippen LogP contribution in [0, 0.1) is 27.7 Å². The summed E-state index contributed by atoms with van der Waals surface area (Å²) in [6.45, 7) is 16.6. The summed E-state index contributed by atoms with van der Waals surface area (Å²) in [6, 6.07) is 5.02. The van der Waals surface area contributed by atoms with Crippen LogP contribution in [-0.4, -0.2) is 52.9 Å². The van der Waals surface area contributed by atoms with Crippen LogP contribution >= 0.6 is 11.3 Å². The Balaban J connectivity index is 1.77. The number of likely N-dealkylation sites (tertiary alicyclic amines) is 1. The normalized spacial score (nSPS) is 15.5. The lowest BCUT2D eigenvalue weighted by molar-refractivity contribution is 0.0635. The minimum absolute atomic E-state index is 0.153. The maximum absolute atomic E-state index is 13.2. The number of aryl methyl sites for hydroxylation is 4. The number of thiazole rings is 1. The van der Waals surface area contributed by atoms with Gasteiger partial charge >= 0.3 is 0 Å². The summed E-state index contributed by atoms with van der Waals surface area (Å²) in [6.07, 6.45) is 2.13. The SMILES string of the molecule is CCN(CC)C1CCN(C(=O)c2sc(-c3cc(C)c(C)cc3C)nc2C)CC1. The van der Waals surface area contributed by atoms with Gasteiger partial charge in [-0.2, -0.15) is 0 Å². The largest absolute Gasteiger partial charge is 0.338 e. The van der Waals surface area contributed by atoms with E-state index in [2.05, 4.69) is 51.7 Å². The molecular formula is C23H33N3OS. The number of aromatic nitrogens is 1. The van der Waals surface area contributed by atoms with Crippen LogP contribution in [0.5, 0.6) is 0 Å². The first-order chi connectivity index (χ1) is 13.3. The van der Waals surface area contributed by atoms with Gasteiger partial charge in [-0.3, -0.25) is 4.79 Å². The number of hydrogen-bond donors (Lipinski definition) is 0. The molecule has 2 aromatic rings. The van der Waals surface area contributed by atoms with Gasteiger partial charge in [-0.15, -0.1) is 11.3 Å². The fraction of sp³-hybridized carbons (Fsp3) is 0.565. The van der Waals surface area contributed by atoms with Crippen molar-refractivity contribution in [1.29, 1.82) is 0 Å². The highest BCUT2D eigenvalue weighted by Gasteiger charge is 2.28. The van der Waals surface area contributed by atoms with Crippen molar-refractivity contribution >= 4 is 17.2 Å². The fourth-order valence-electron chi connectivity index (χ4n) is 4.22. The van der Waals surface area contributed by atoms with E-state index < -0.39 is 0 Å². The number of piperidine rings is 1. The predicted molar refractivity (Wildman–Crippen MR) is 118 cm³/mol. The van der Waals surface area contributed by atoms with Gasteiger partial charge in [0, 0.05) is 24.7 Å². The van der Waals surface area contributed by atoms with Gasteiger partial charge in [-0.05, 0) is 76.4 Å². The molecule has 1 aliphatic heterocycles. The molecule has 0 bridgehead atoms. The Morgan fingerprint density at radius 3 is 2.29 bits per heavy atom. The monoisotopic (exact) mass is 399 g/mol. The van der Waals surface area contributed by atoms with E-state index in [1.807, 2.05) is 11.8 Å². The van der Waals surface area contributed by atoms with Crippen molar-refractivity contribution in [3.8, 4) is 10.6 Å². The molecule has 1 fully saturated rings. The molecule has 0 saturated carbocycles. The summed E-state index contributed by atoms with van der Waals surface area (Å²) in [7, 11) is 0. The van der Waals surface area contributed by atoms with Crippen molar-refractivity contribution < 1.29 is 4.79 Å². The summed E-state index contributed by atoms with van der Waals surface area (Å²) >= 11 is 1.55. The second-order valence-electron chi connectivity index (χ2n) is 7.93. The first kappa shape index (κ1) is 21.0. The Kier molecular flexibility index (Phi) is 6.56. The van der Waals surface area contributed by atoms with E-state index in [-0.39, 0.29) is 5.91 Å². The fourth-order valence-corrected chi connectivity index (χ4v) is 5.33. The lowest BCUT2D eigenvalue weighted by Crippen LogP contribution is -2.46. The molecule has 4 nitrogen and oxygen atoms in total. The molecule has 1 aromatic carbocycles. The molecule has 28 heavy (non-hydrogen) atoms. The molecule has 0 aliphatic carbocycles. The van der Waals surface area contributed by atoms with Crippen molar-refractivity contribution in [2.45, 2.75) is 60.4 Å². The summed E-state index contributed by atoms with van der Waals surface area (Å²) in [5.74, 6) is 0.153. The highest BCUT2D eigenvalue weighted by Crippen LogP contribution is 2.33. The van der Waals surface area contributed by atoms with Gasteiger partial charge in [0.15, 0.2) is 0 Å². The van der Waals surface area contributed by atoms with E-state index in [1.54, 1.807) is 11.3 Å². The molecule has 2 heterocycles. The molecule has 1 saturated heterocycles. The number of nitrogens with zero attached hydrogens (tertiary/aromatic N) is 3. The number of benzene rings is 1. The smallest absolute Gasteiger partial charge is 0.265 e. The van der Waals surface area contributed by atoms with Crippen LogP contribution in [0.25, 0.3) is 10.6 Å². The summed E-state index contributed by atoms with van der Waals surface area (Å²) in [5.41, 5.74) is 5.78. The molecule has 1 aromatic heterocycles. The second-order valence-corrected chi connectivity index (χ2v) is 8.93. The number of rotatable bonds is 5. The summed E-state index contributed by atoms with van der Waals surface area (Å²) < 4.78 is 0. The third-order valence-corrected chi connectivity index (χ3v) is 7.32. The molecule has 5 heteroatoms. The minimum atomic E-state index is 0.153. The average molecular weight is 400 g/mol. The molecule has 0 atom stereocenters. The standard InChI is InChI=1S/C23H33N3OS/c1-7-25(8-2)19-9-11-26(12-10-19)23(27)21-18(6)24-22(28-21)20-14-16(4)15(3)13-17(20)5/h13-14,19H,7-12H2,1-6H3. The maximum Gasteiger partial charge on any atom is 0.265 e. The van der Waals surface area contributed by atoms with Crippen molar-refractivity contribution in [3.63, 3.8) is 0 Å². The van der Waals surface area contributed by atoms with Crippen LogP contribution in [0.4, 0.5) is 0 Å². The lowest BCUT2D eigenvalue weighted by Gasteiger charge is -2.37. The number of hydrogen-bond acceptors (Lipinski definition) is 4. The van der Waals surface area contributed by atoms with E-state index in [4.69, 9.17) is 4.98 Å². The molecule has 1 aliphatic rings. The number of amides is 1. The van der Waals surface area contributed by atoms with Crippen molar-refractivity contribution in [3.05, 3.63) is 39.4 Å². The molecule has 0 N–H and O–H groups in total. The van der Waals surface area contributed by atoms with E-state index >= 15 is 0 Å². The van der Waals surface area contributed by atoms with Gasteiger partial charge in [0.1, 0.15) is 9.88 Å². The predicted octanol–water partition coefficient (Wildman–Crippen LogP) is 4.99. The Bertz CT molecular complexity index is 846. The van der Waals surface area contributed by atoms with Crippen LogP contribution in [0.2, 0.25) is 0 Å². The first-order valence-corrected chi connectivity index (χ1v) is 11.3. The third-order valence-electron chi connectivity index (χ3n) is 6.14. The third kappa shape index (κ3) is 4.15. The van der Waals surface area contributed by atoms with Crippen molar-refractivity contribution in [2.75, 3.05) is 26.2 Å². The molecule has 0 radical (unpaired) electrons. The van der Waals surface area contributed by atoms with E-state index in [1.165, 1.54) is 16.7 Å². The molecule has 0 unspecified atom stereocenters. The van der Waals surface area contributed by atoms with Gasteiger partial charge in [-0.25, -0.2) is 4.98 Å². The first-order valence-electron chi connectivity index (χ1n) is 10.4. The van der Waals surface area contributed by atoms with Crippen LogP contribution in [0.3, 0.4) is 0 Å². The van der Waals surface area contributed by atoms with E-state index in [0.29, 0.717) is 6.04 Å². The highest BCUT2D eigenvalue weighted by atomic mass is 32.1. The van der Waals surface area contributed by atoms with Crippen LogP contribution < -0.4 is 0 Å². The molecular weight excluding hydrogens is 366 g/mol. The second kappa shape index (κ2) is 8.75. The van der Waals surface area contributed by atoms with Crippen LogP contribution in [-0.2, 0) is 0 Å². The van der Waals surface area contributed by atoms with Crippen molar-refractivity contribution in [1.82, 2.24) is 14.8 Å². The highest BCUT2D eigenvalue weighted by molar-refractivity contribution is 7.17. The van der Waals surface area contributed by atoms with Gasteiger partial charge in [0.05, 0.1) is 5.69 Å². The molecule has 3 rings (SSSR count).